The lowest BCUT2D eigenvalue weighted by atomic mass is 9.97. The van der Waals surface area contributed by atoms with Gasteiger partial charge < -0.3 is 9.13 Å². The van der Waals surface area contributed by atoms with Crippen molar-refractivity contribution < 1.29 is 0 Å². The second-order valence-electron chi connectivity index (χ2n) is 12.3. The first kappa shape index (κ1) is 27.7. The molecule has 0 radical (unpaired) electrons. The van der Waals surface area contributed by atoms with Gasteiger partial charge in [-0.1, -0.05) is 91.0 Å². The Balaban J connectivity index is 1.17. The largest absolute Gasteiger partial charge is 0.309 e. The van der Waals surface area contributed by atoms with Crippen LogP contribution in [-0.2, 0) is 6.42 Å². The zero-order chi connectivity index (χ0) is 32.2. The minimum atomic E-state index is 0.580. The maximum absolute atomic E-state index is 10.1. The quantitative estimate of drug-likeness (QED) is 0.199. The summed E-state index contributed by atoms with van der Waals surface area (Å²) in [6.07, 6.45) is 6.67. The number of hydrogen-bond donors (Lipinski definition) is 0. The molecular weight excluding hydrogens is 585 g/mol. The van der Waals surface area contributed by atoms with E-state index in [1.807, 2.05) is 42.5 Å². The molecule has 4 heteroatoms. The standard InChI is InChI=1S/C44H28N4/c45-27-29-24-33(26-34(25-29)47-42-18-8-4-14-38(42)44-32(28-46)10-9-19-43(44)47)30-20-22-31(23-21-30)35-11-1-5-15-39(35)48-40-16-6-2-12-36(40)37-13-3-7-17-41(37)48/h1-2,4-12,14-26H,3,13H2. The summed E-state index contributed by atoms with van der Waals surface area (Å²) in [7, 11) is 0. The summed E-state index contributed by atoms with van der Waals surface area (Å²) in [5, 5.41) is 23.3. The Hall–Kier alpha value is -6.62. The van der Waals surface area contributed by atoms with Crippen molar-refractivity contribution in [3.05, 3.63) is 162 Å². The molecule has 0 aliphatic heterocycles. The number of aryl methyl sites for hydroxylation is 1. The fourth-order valence-corrected chi connectivity index (χ4v) is 7.56. The van der Waals surface area contributed by atoms with Gasteiger partial charge in [0.15, 0.2) is 0 Å². The number of hydrogen-bond acceptors (Lipinski definition) is 2. The Morgan fingerprint density at radius 2 is 1.27 bits per heavy atom. The van der Waals surface area contributed by atoms with Gasteiger partial charge in [0.1, 0.15) is 0 Å². The van der Waals surface area contributed by atoms with Crippen LogP contribution in [0.25, 0.3) is 72.4 Å². The Morgan fingerprint density at radius 1 is 0.562 bits per heavy atom. The number of allylic oxidation sites excluding steroid dienone is 1. The van der Waals surface area contributed by atoms with Crippen LogP contribution < -0.4 is 0 Å². The number of benzene rings is 6. The van der Waals surface area contributed by atoms with Crippen LogP contribution in [0.5, 0.6) is 0 Å². The molecular formula is C44H28N4. The maximum Gasteiger partial charge on any atom is 0.0998 e. The van der Waals surface area contributed by atoms with Crippen molar-refractivity contribution in [2.24, 2.45) is 0 Å². The third-order valence-corrected chi connectivity index (χ3v) is 9.65. The van der Waals surface area contributed by atoms with E-state index >= 15 is 0 Å². The smallest absolute Gasteiger partial charge is 0.0998 e. The fraction of sp³-hybridized carbons (Fsp3) is 0.0455. The van der Waals surface area contributed by atoms with Gasteiger partial charge >= 0.3 is 0 Å². The van der Waals surface area contributed by atoms with Crippen molar-refractivity contribution in [1.82, 2.24) is 9.13 Å². The predicted octanol–water partition coefficient (Wildman–Crippen LogP) is 10.8. The van der Waals surface area contributed by atoms with E-state index in [0.29, 0.717) is 11.1 Å². The van der Waals surface area contributed by atoms with Gasteiger partial charge in [0.05, 0.1) is 45.5 Å². The van der Waals surface area contributed by atoms with E-state index in [9.17, 15) is 10.5 Å². The third-order valence-electron chi connectivity index (χ3n) is 9.65. The molecule has 2 aromatic heterocycles. The monoisotopic (exact) mass is 612 g/mol. The number of nitrogens with zero attached hydrogens (tertiary/aromatic N) is 4. The Bertz CT molecular complexity index is 2690. The average molecular weight is 613 g/mol. The molecule has 0 saturated heterocycles. The first-order valence-electron chi connectivity index (χ1n) is 16.2. The molecule has 4 nitrogen and oxygen atoms in total. The molecule has 224 valence electrons. The summed E-state index contributed by atoms with van der Waals surface area (Å²) in [5.74, 6) is 0. The second kappa shape index (κ2) is 11.0. The average Bonchev–Trinajstić information content (AvgIpc) is 3.68. The molecule has 0 N–H and O–H groups in total. The Labute approximate surface area is 278 Å². The fourth-order valence-electron chi connectivity index (χ4n) is 7.56. The molecule has 0 bridgehead atoms. The van der Waals surface area contributed by atoms with E-state index < -0.39 is 0 Å². The van der Waals surface area contributed by atoms with Crippen molar-refractivity contribution in [2.75, 3.05) is 0 Å². The van der Waals surface area contributed by atoms with Crippen molar-refractivity contribution in [1.29, 1.82) is 10.5 Å². The van der Waals surface area contributed by atoms with Gasteiger partial charge in [-0.15, -0.1) is 0 Å². The second-order valence-corrected chi connectivity index (χ2v) is 12.3. The molecule has 6 aromatic carbocycles. The van der Waals surface area contributed by atoms with Crippen LogP contribution in [0.1, 0.15) is 28.8 Å². The summed E-state index contributed by atoms with van der Waals surface area (Å²) >= 11 is 0. The lowest BCUT2D eigenvalue weighted by Gasteiger charge is -2.17. The predicted molar refractivity (Wildman–Crippen MR) is 195 cm³/mol. The van der Waals surface area contributed by atoms with Crippen molar-refractivity contribution in [2.45, 2.75) is 12.8 Å². The van der Waals surface area contributed by atoms with Crippen LogP contribution in [0.2, 0.25) is 0 Å². The number of fused-ring (bicyclic) bond motifs is 6. The summed E-state index contributed by atoms with van der Waals surface area (Å²) in [4.78, 5) is 0. The minimum absolute atomic E-state index is 0.580. The highest BCUT2D eigenvalue weighted by Crippen LogP contribution is 2.39. The van der Waals surface area contributed by atoms with Gasteiger partial charge in [-0.25, -0.2) is 0 Å². The van der Waals surface area contributed by atoms with Gasteiger partial charge in [0.2, 0.25) is 0 Å². The number of nitriles is 2. The van der Waals surface area contributed by atoms with Crippen LogP contribution in [0.15, 0.2) is 140 Å². The molecule has 1 aliphatic rings. The molecule has 0 saturated carbocycles. The third kappa shape index (κ3) is 4.21. The summed E-state index contributed by atoms with van der Waals surface area (Å²) < 4.78 is 4.58. The van der Waals surface area contributed by atoms with E-state index in [2.05, 4.69) is 124 Å². The molecule has 1 aliphatic carbocycles. The Kier molecular flexibility index (Phi) is 6.35. The van der Waals surface area contributed by atoms with E-state index in [1.165, 1.54) is 22.2 Å². The summed E-state index contributed by atoms with van der Waals surface area (Å²) in [6.45, 7) is 0. The molecule has 0 amide bonds. The van der Waals surface area contributed by atoms with E-state index in [-0.39, 0.29) is 0 Å². The topological polar surface area (TPSA) is 57.4 Å². The van der Waals surface area contributed by atoms with Crippen molar-refractivity contribution in [3.63, 3.8) is 0 Å². The minimum Gasteiger partial charge on any atom is -0.309 e. The van der Waals surface area contributed by atoms with E-state index in [0.717, 1.165) is 68.3 Å². The molecule has 0 unspecified atom stereocenters. The molecule has 9 rings (SSSR count). The molecule has 0 spiro atoms. The van der Waals surface area contributed by atoms with Crippen LogP contribution in [0.3, 0.4) is 0 Å². The van der Waals surface area contributed by atoms with E-state index in [1.54, 1.807) is 0 Å². The SMILES string of the molecule is N#Cc1cc(-c2ccc(-c3ccccc3-n3c4c(c5ccccc53)CCC=C4)cc2)cc(-n2c3ccccc3c3c(C#N)cccc32)c1. The van der Waals surface area contributed by atoms with Crippen LogP contribution >= 0.6 is 0 Å². The summed E-state index contributed by atoms with van der Waals surface area (Å²) in [5.41, 5.74) is 13.4. The Morgan fingerprint density at radius 3 is 2.08 bits per heavy atom. The number of aromatic nitrogens is 2. The van der Waals surface area contributed by atoms with E-state index in [4.69, 9.17) is 0 Å². The highest BCUT2D eigenvalue weighted by molar-refractivity contribution is 6.11. The molecule has 0 atom stereocenters. The highest BCUT2D eigenvalue weighted by atomic mass is 15.0. The first-order valence-corrected chi connectivity index (χ1v) is 16.2. The molecule has 2 heterocycles. The van der Waals surface area contributed by atoms with Gasteiger partial charge in [-0.2, -0.15) is 10.5 Å². The first-order chi connectivity index (χ1) is 23.7. The molecule has 48 heavy (non-hydrogen) atoms. The lowest BCUT2D eigenvalue weighted by Crippen LogP contribution is -2.02. The van der Waals surface area contributed by atoms with Gasteiger partial charge in [0.25, 0.3) is 0 Å². The highest BCUT2D eigenvalue weighted by Gasteiger charge is 2.20. The maximum atomic E-state index is 10.1. The van der Waals surface area contributed by atoms with Crippen molar-refractivity contribution in [3.8, 4) is 45.8 Å². The van der Waals surface area contributed by atoms with Crippen LogP contribution in [0, 0.1) is 22.7 Å². The normalized spacial score (nSPS) is 12.3. The van der Waals surface area contributed by atoms with Gasteiger partial charge in [-0.05, 0) is 89.7 Å². The van der Waals surface area contributed by atoms with Gasteiger partial charge in [0, 0.05) is 33.1 Å². The van der Waals surface area contributed by atoms with Gasteiger partial charge in [-0.3, -0.25) is 0 Å². The lowest BCUT2D eigenvalue weighted by molar-refractivity contribution is 0.968. The van der Waals surface area contributed by atoms with Crippen LogP contribution in [-0.4, -0.2) is 9.13 Å². The number of rotatable bonds is 4. The molecule has 8 aromatic rings. The zero-order valence-corrected chi connectivity index (χ0v) is 26.1. The summed E-state index contributed by atoms with van der Waals surface area (Å²) in [6, 6.07) is 50.7. The van der Waals surface area contributed by atoms with Crippen LogP contribution in [0.4, 0.5) is 0 Å². The zero-order valence-electron chi connectivity index (χ0n) is 26.1. The molecule has 0 fully saturated rings. The van der Waals surface area contributed by atoms with Crippen molar-refractivity contribution >= 4 is 38.8 Å². The number of para-hydroxylation sites is 3.